The number of hydrogen-bond acceptors (Lipinski definition) is 7. The van der Waals surface area contributed by atoms with Crippen molar-refractivity contribution in [3.05, 3.63) is 48.4 Å². The Morgan fingerprint density at radius 3 is 2.59 bits per heavy atom. The first-order valence-electron chi connectivity index (χ1n) is 14.2. The lowest BCUT2D eigenvalue weighted by molar-refractivity contribution is 0.108. The highest BCUT2D eigenvalue weighted by atomic mass is 19.1. The van der Waals surface area contributed by atoms with Gasteiger partial charge in [-0.05, 0) is 80.4 Å². The minimum atomic E-state index is -0.524. The summed E-state index contributed by atoms with van der Waals surface area (Å²) >= 11 is 0. The average Bonchev–Trinajstić information content (AvgIpc) is 3.53. The van der Waals surface area contributed by atoms with E-state index in [1.165, 1.54) is 12.8 Å². The molecule has 7 rings (SSSR count). The highest BCUT2D eigenvalue weighted by Gasteiger charge is 2.45. The molecule has 3 fully saturated rings. The number of anilines is 1. The molecule has 0 radical (unpaired) electrons. The molecule has 1 N–H and O–H groups in total. The number of aromatic hydroxyl groups is 1. The minimum Gasteiger partial charge on any atom is -0.508 e. The first-order valence-corrected chi connectivity index (χ1v) is 14.2. The lowest BCUT2D eigenvalue weighted by Crippen LogP contribution is -2.43. The number of phenolic OH excluding ortho intramolecular Hbond substituents is 1. The van der Waals surface area contributed by atoms with Gasteiger partial charge in [-0.1, -0.05) is 31.2 Å². The molecule has 202 valence electrons. The monoisotopic (exact) mass is 527 g/mol. The Hall–Kier alpha value is -3.52. The summed E-state index contributed by atoms with van der Waals surface area (Å²) in [7, 11) is 0. The molecule has 4 aromatic rings. The van der Waals surface area contributed by atoms with Gasteiger partial charge in [0.2, 0.25) is 0 Å². The van der Waals surface area contributed by atoms with E-state index in [1.807, 2.05) is 24.3 Å². The molecular weight excluding hydrogens is 493 g/mol. The quantitative estimate of drug-likeness (QED) is 0.345. The van der Waals surface area contributed by atoms with Gasteiger partial charge in [-0.25, -0.2) is 4.39 Å². The lowest BCUT2D eigenvalue weighted by Gasteiger charge is -2.33. The number of rotatable bonds is 5. The van der Waals surface area contributed by atoms with Gasteiger partial charge in [0.25, 0.3) is 0 Å². The van der Waals surface area contributed by atoms with E-state index < -0.39 is 5.82 Å². The highest BCUT2D eigenvalue weighted by molar-refractivity contribution is 5.99. The highest BCUT2D eigenvalue weighted by Crippen LogP contribution is 2.40. The number of ether oxygens (including phenoxy) is 1. The number of fused-ring (bicyclic) bond motifs is 3. The van der Waals surface area contributed by atoms with Gasteiger partial charge < -0.3 is 14.7 Å². The molecule has 3 aliphatic heterocycles. The van der Waals surface area contributed by atoms with Crippen molar-refractivity contribution in [2.45, 2.75) is 51.0 Å². The molecule has 0 bridgehead atoms. The Balaban J connectivity index is 1.34. The summed E-state index contributed by atoms with van der Waals surface area (Å²) in [6, 6.07) is 11.1. The molecule has 0 saturated carbocycles. The van der Waals surface area contributed by atoms with E-state index >= 15 is 4.39 Å². The van der Waals surface area contributed by atoms with Crippen LogP contribution in [-0.2, 0) is 0 Å². The second-order valence-corrected chi connectivity index (χ2v) is 11.6. The molecule has 0 spiro atoms. The van der Waals surface area contributed by atoms with Crippen LogP contribution in [0.25, 0.3) is 32.9 Å². The largest absolute Gasteiger partial charge is 0.508 e. The number of nitrogens with zero attached hydrogens (tertiary/aromatic N) is 5. The third kappa shape index (κ3) is 4.25. The van der Waals surface area contributed by atoms with E-state index in [1.54, 1.807) is 18.3 Å². The summed E-state index contributed by atoms with van der Waals surface area (Å²) in [6.45, 7) is 6.72. The van der Waals surface area contributed by atoms with Crippen molar-refractivity contribution in [3.63, 3.8) is 0 Å². The maximum atomic E-state index is 16.4. The standard InChI is InChI=1S/C31H34FN5O2/c1-20-8-14-36(15-9-20)29-25-18-33-27(24-17-22(38)16-21-6-2-3-7-23(21)24)26(32)28(25)34-30(35-29)39-19-31-10-4-12-37(31)13-5-11-31/h2-3,6-7,16-18,20,38H,4-5,8-15,19H2,1H3. The predicted molar refractivity (Wildman–Crippen MR) is 151 cm³/mol. The van der Waals surface area contributed by atoms with Gasteiger partial charge in [0.1, 0.15) is 29.4 Å². The number of halogens is 1. The molecule has 3 saturated heterocycles. The molecule has 2 aromatic heterocycles. The second-order valence-electron chi connectivity index (χ2n) is 11.6. The molecule has 7 nitrogen and oxygen atoms in total. The summed E-state index contributed by atoms with van der Waals surface area (Å²) < 4.78 is 22.8. The Kier molecular flexibility index (Phi) is 6.03. The Morgan fingerprint density at radius 1 is 1.03 bits per heavy atom. The van der Waals surface area contributed by atoms with E-state index in [-0.39, 0.29) is 28.5 Å². The van der Waals surface area contributed by atoms with Gasteiger partial charge in [-0.3, -0.25) is 9.88 Å². The van der Waals surface area contributed by atoms with Crippen LogP contribution in [0.5, 0.6) is 11.8 Å². The van der Waals surface area contributed by atoms with Gasteiger partial charge in [0.15, 0.2) is 5.82 Å². The van der Waals surface area contributed by atoms with Crippen molar-refractivity contribution in [2.75, 3.05) is 37.7 Å². The van der Waals surface area contributed by atoms with Crippen LogP contribution in [0.2, 0.25) is 0 Å². The summed E-state index contributed by atoms with van der Waals surface area (Å²) in [5.41, 5.74) is 0.944. The zero-order chi connectivity index (χ0) is 26.6. The Bertz CT molecular complexity index is 1540. The Morgan fingerprint density at radius 2 is 1.79 bits per heavy atom. The van der Waals surface area contributed by atoms with Crippen molar-refractivity contribution < 1.29 is 14.2 Å². The molecule has 8 heteroatoms. The van der Waals surface area contributed by atoms with E-state index in [0.717, 1.165) is 62.6 Å². The fraction of sp³-hybridized carbons (Fsp3) is 0.452. The van der Waals surface area contributed by atoms with Crippen LogP contribution in [0.1, 0.15) is 45.4 Å². The molecule has 0 unspecified atom stereocenters. The fourth-order valence-electron chi connectivity index (χ4n) is 6.89. The van der Waals surface area contributed by atoms with E-state index in [4.69, 9.17) is 9.72 Å². The lowest BCUT2D eigenvalue weighted by atomic mass is 9.95. The van der Waals surface area contributed by atoms with Crippen molar-refractivity contribution in [3.8, 4) is 23.0 Å². The van der Waals surface area contributed by atoms with E-state index in [9.17, 15) is 5.11 Å². The van der Waals surface area contributed by atoms with Crippen LogP contribution in [0.3, 0.4) is 0 Å². The van der Waals surface area contributed by atoms with Crippen LogP contribution >= 0.6 is 0 Å². The smallest absolute Gasteiger partial charge is 0.319 e. The number of aromatic nitrogens is 3. The van der Waals surface area contributed by atoms with Crippen LogP contribution in [-0.4, -0.2) is 63.3 Å². The maximum absolute atomic E-state index is 16.4. The van der Waals surface area contributed by atoms with Crippen LogP contribution < -0.4 is 9.64 Å². The van der Waals surface area contributed by atoms with Gasteiger partial charge in [0.05, 0.1) is 10.9 Å². The molecule has 0 atom stereocenters. The number of phenols is 1. The molecule has 0 aliphatic carbocycles. The van der Waals surface area contributed by atoms with Crippen molar-refractivity contribution in [1.29, 1.82) is 0 Å². The number of benzene rings is 2. The van der Waals surface area contributed by atoms with Crippen molar-refractivity contribution in [1.82, 2.24) is 19.9 Å². The third-order valence-corrected chi connectivity index (χ3v) is 9.11. The number of piperidine rings is 1. The molecular formula is C31H34FN5O2. The number of pyridine rings is 1. The maximum Gasteiger partial charge on any atom is 0.319 e. The third-order valence-electron chi connectivity index (χ3n) is 9.11. The summed E-state index contributed by atoms with van der Waals surface area (Å²) in [5.74, 6) is 0.883. The van der Waals surface area contributed by atoms with Gasteiger partial charge in [0, 0.05) is 24.8 Å². The first kappa shape index (κ1) is 24.5. The summed E-state index contributed by atoms with van der Waals surface area (Å²) in [6.07, 6.45) is 8.39. The molecule has 0 amide bonds. The topological polar surface area (TPSA) is 74.6 Å². The van der Waals surface area contributed by atoms with Crippen LogP contribution in [0.4, 0.5) is 10.2 Å². The Labute approximate surface area is 227 Å². The van der Waals surface area contributed by atoms with E-state index in [2.05, 4.69) is 26.7 Å². The first-order chi connectivity index (χ1) is 19.0. The van der Waals surface area contributed by atoms with Gasteiger partial charge in [-0.15, -0.1) is 0 Å². The second kappa shape index (κ2) is 9.59. The normalized spacial score (nSPS) is 19.7. The zero-order valence-corrected chi connectivity index (χ0v) is 22.4. The fourth-order valence-corrected chi connectivity index (χ4v) is 6.89. The van der Waals surface area contributed by atoms with E-state index in [0.29, 0.717) is 29.3 Å². The van der Waals surface area contributed by atoms with Gasteiger partial charge >= 0.3 is 6.01 Å². The molecule has 3 aliphatic rings. The SMILES string of the molecule is CC1CCN(c2nc(OCC34CCCN3CCC4)nc3c(F)c(-c4cc(O)cc5ccccc45)ncc23)CC1. The average molecular weight is 528 g/mol. The molecule has 39 heavy (non-hydrogen) atoms. The summed E-state index contributed by atoms with van der Waals surface area (Å²) in [4.78, 5) is 18.8. The van der Waals surface area contributed by atoms with Crippen LogP contribution in [0.15, 0.2) is 42.6 Å². The van der Waals surface area contributed by atoms with Crippen molar-refractivity contribution in [2.24, 2.45) is 5.92 Å². The zero-order valence-electron chi connectivity index (χ0n) is 22.4. The number of hydrogen-bond donors (Lipinski definition) is 1. The summed E-state index contributed by atoms with van der Waals surface area (Å²) in [5, 5.41) is 12.6. The predicted octanol–water partition coefficient (Wildman–Crippen LogP) is 5.93. The van der Waals surface area contributed by atoms with Crippen LogP contribution in [0, 0.1) is 11.7 Å². The molecule has 2 aromatic carbocycles. The van der Waals surface area contributed by atoms with Gasteiger partial charge in [-0.2, -0.15) is 9.97 Å². The minimum absolute atomic E-state index is 0.0431. The van der Waals surface area contributed by atoms with Crippen molar-refractivity contribution >= 4 is 27.5 Å². The molecule has 5 heterocycles.